The van der Waals surface area contributed by atoms with Crippen molar-refractivity contribution in [1.29, 1.82) is 0 Å². The number of rotatable bonds is 7. The lowest BCUT2D eigenvalue weighted by Crippen LogP contribution is -2.28. The molecule has 5 nitrogen and oxygen atoms in total. The molecule has 1 fully saturated rings. The Bertz CT molecular complexity index is 1110. The number of benzene rings is 1. The Morgan fingerprint density at radius 3 is 2.72 bits per heavy atom. The summed E-state index contributed by atoms with van der Waals surface area (Å²) in [7, 11) is 1.57. The van der Waals surface area contributed by atoms with E-state index in [4.69, 9.17) is 9.72 Å². The van der Waals surface area contributed by atoms with E-state index in [1.807, 2.05) is 17.8 Å². The molecule has 1 aromatic carbocycles. The summed E-state index contributed by atoms with van der Waals surface area (Å²) in [4.78, 5) is 13.5. The number of anilines is 1. The molecule has 0 radical (unpaired) electrons. The summed E-state index contributed by atoms with van der Waals surface area (Å²) in [5, 5.41) is 3.99. The second kappa shape index (κ2) is 9.52. The summed E-state index contributed by atoms with van der Waals surface area (Å²) in [5.41, 5.74) is 1.14. The van der Waals surface area contributed by atoms with Gasteiger partial charge in [-0.05, 0) is 42.4 Å². The van der Waals surface area contributed by atoms with Crippen LogP contribution < -0.4 is 10.1 Å². The number of alkyl halides is 2. The highest BCUT2D eigenvalue weighted by Gasteiger charge is 2.32. The largest absolute Gasteiger partial charge is 0.479 e. The van der Waals surface area contributed by atoms with Crippen molar-refractivity contribution in [3.05, 3.63) is 53.2 Å². The number of methoxy groups -OCH3 is 1. The van der Waals surface area contributed by atoms with Crippen molar-refractivity contribution in [2.45, 2.75) is 38.0 Å². The summed E-state index contributed by atoms with van der Waals surface area (Å²) < 4.78 is 45.8. The van der Waals surface area contributed by atoms with Crippen molar-refractivity contribution in [2.24, 2.45) is 0 Å². The Hall–Kier alpha value is -2.55. The molecular weight excluding hydrogens is 437 g/mol. The average molecular weight is 463 g/mol. The number of aromatic nitrogens is 3. The van der Waals surface area contributed by atoms with Crippen molar-refractivity contribution < 1.29 is 17.9 Å². The van der Waals surface area contributed by atoms with Gasteiger partial charge >= 0.3 is 0 Å². The van der Waals surface area contributed by atoms with Crippen LogP contribution in [0.5, 0.6) is 5.88 Å². The van der Waals surface area contributed by atoms with Gasteiger partial charge in [0.15, 0.2) is 0 Å². The molecule has 1 saturated heterocycles. The fourth-order valence-corrected chi connectivity index (χ4v) is 5.38. The van der Waals surface area contributed by atoms with E-state index in [2.05, 4.69) is 22.2 Å². The van der Waals surface area contributed by atoms with Crippen LogP contribution in [-0.4, -0.2) is 40.1 Å². The second-order valence-electron chi connectivity index (χ2n) is 8.11. The highest BCUT2D eigenvalue weighted by Crippen LogP contribution is 2.40. The third-order valence-corrected chi connectivity index (χ3v) is 7.01. The van der Waals surface area contributed by atoms with E-state index in [0.717, 1.165) is 41.5 Å². The molecule has 9 heteroatoms. The topological polar surface area (TPSA) is 59.9 Å². The van der Waals surface area contributed by atoms with E-state index in [-0.39, 0.29) is 17.4 Å². The van der Waals surface area contributed by atoms with Crippen LogP contribution in [0.15, 0.2) is 30.6 Å². The first-order valence-electron chi connectivity index (χ1n) is 10.5. The van der Waals surface area contributed by atoms with Gasteiger partial charge in [0.05, 0.1) is 23.8 Å². The van der Waals surface area contributed by atoms with Gasteiger partial charge in [0.1, 0.15) is 23.5 Å². The third kappa shape index (κ3) is 4.48. The molecule has 4 rings (SSSR count). The van der Waals surface area contributed by atoms with Gasteiger partial charge in [0.25, 0.3) is 6.43 Å². The molecule has 3 heterocycles. The molecule has 1 aliphatic rings. The first-order valence-corrected chi connectivity index (χ1v) is 11.7. The lowest BCUT2D eigenvalue weighted by Gasteiger charge is -2.33. The van der Waals surface area contributed by atoms with E-state index in [9.17, 15) is 13.2 Å². The minimum absolute atomic E-state index is 0.0569. The van der Waals surface area contributed by atoms with Crippen LogP contribution in [0.2, 0.25) is 0 Å². The number of hydrogen-bond donors (Lipinski definition) is 1. The highest BCUT2D eigenvalue weighted by atomic mass is 32.2. The smallest absolute Gasteiger partial charge is 0.266 e. The molecule has 2 aromatic heterocycles. The molecule has 0 bridgehead atoms. The fraction of sp³-hybridized carbons (Fsp3) is 0.435. The van der Waals surface area contributed by atoms with Gasteiger partial charge in [-0.15, -0.1) is 0 Å². The van der Waals surface area contributed by atoms with Crippen molar-refractivity contribution in [1.82, 2.24) is 15.0 Å². The molecule has 1 N–H and O–H groups in total. The second-order valence-corrected chi connectivity index (χ2v) is 9.33. The monoisotopic (exact) mass is 462 g/mol. The van der Waals surface area contributed by atoms with E-state index in [1.54, 1.807) is 7.11 Å². The maximum atomic E-state index is 14.3. The van der Waals surface area contributed by atoms with Crippen molar-refractivity contribution in [3.63, 3.8) is 0 Å². The predicted molar refractivity (Wildman–Crippen MR) is 121 cm³/mol. The number of fused-ring (bicyclic) bond motifs is 1. The number of thioether (sulfide) groups is 1. The van der Waals surface area contributed by atoms with Crippen molar-refractivity contribution >= 4 is 28.5 Å². The van der Waals surface area contributed by atoms with Gasteiger partial charge in [-0.3, -0.25) is 0 Å². The Labute approximate surface area is 189 Å². The van der Waals surface area contributed by atoms with Crippen LogP contribution in [0, 0.1) is 5.82 Å². The average Bonchev–Trinajstić information content (AvgIpc) is 2.80. The van der Waals surface area contributed by atoms with Crippen LogP contribution in [-0.2, 0) is 11.8 Å². The van der Waals surface area contributed by atoms with Crippen molar-refractivity contribution in [2.75, 3.05) is 30.5 Å². The lowest BCUT2D eigenvalue weighted by atomic mass is 9.80. The zero-order chi connectivity index (χ0) is 22.7. The number of ether oxygens (including phenoxy) is 1. The summed E-state index contributed by atoms with van der Waals surface area (Å²) >= 11 is 1.95. The molecule has 0 unspecified atom stereocenters. The van der Waals surface area contributed by atoms with Crippen LogP contribution in [0.4, 0.5) is 19.0 Å². The Morgan fingerprint density at radius 2 is 2.00 bits per heavy atom. The van der Waals surface area contributed by atoms with E-state index >= 15 is 0 Å². The normalized spacial score (nSPS) is 15.8. The van der Waals surface area contributed by atoms with Crippen LogP contribution in [0.25, 0.3) is 10.9 Å². The fourth-order valence-electron chi connectivity index (χ4n) is 3.98. The molecule has 0 saturated carbocycles. The molecule has 0 atom stereocenters. The Balaban J connectivity index is 1.62. The van der Waals surface area contributed by atoms with E-state index < -0.39 is 17.8 Å². The molecule has 0 spiro atoms. The van der Waals surface area contributed by atoms with Crippen LogP contribution in [0.1, 0.15) is 43.0 Å². The minimum Gasteiger partial charge on any atom is -0.479 e. The summed E-state index contributed by atoms with van der Waals surface area (Å²) in [5.74, 6) is 2.33. The van der Waals surface area contributed by atoms with Gasteiger partial charge in [0.2, 0.25) is 5.88 Å². The first kappa shape index (κ1) is 22.6. The molecule has 32 heavy (non-hydrogen) atoms. The van der Waals surface area contributed by atoms with Gasteiger partial charge in [-0.2, -0.15) is 11.8 Å². The first-order chi connectivity index (χ1) is 15.4. The molecule has 0 amide bonds. The maximum absolute atomic E-state index is 14.3. The van der Waals surface area contributed by atoms with E-state index in [1.165, 1.54) is 18.5 Å². The third-order valence-electron chi connectivity index (χ3n) is 6.03. The van der Waals surface area contributed by atoms with E-state index in [0.29, 0.717) is 23.8 Å². The maximum Gasteiger partial charge on any atom is 0.266 e. The van der Waals surface area contributed by atoms with Gasteiger partial charge in [-0.25, -0.2) is 28.1 Å². The Morgan fingerprint density at radius 1 is 1.22 bits per heavy atom. The Kier molecular flexibility index (Phi) is 6.74. The zero-order valence-corrected chi connectivity index (χ0v) is 18.8. The van der Waals surface area contributed by atoms with Crippen LogP contribution in [0.3, 0.4) is 0 Å². The molecule has 0 aliphatic carbocycles. The quantitative estimate of drug-likeness (QED) is 0.497. The molecule has 3 aromatic rings. The summed E-state index contributed by atoms with van der Waals surface area (Å²) in [6.07, 6.45) is 0.866. The lowest BCUT2D eigenvalue weighted by molar-refractivity contribution is 0.146. The summed E-state index contributed by atoms with van der Waals surface area (Å²) in [6.45, 7) is 2.54. The predicted octanol–water partition coefficient (Wildman–Crippen LogP) is 5.55. The van der Waals surface area contributed by atoms with Crippen molar-refractivity contribution in [3.8, 4) is 5.88 Å². The number of hydrogen-bond acceptors (Lipinski definition) is 6. The number of halogens is 3. The number of nitrogens with one attached hydrogen (secondary N) is 1. The number of nitrogens with zero attached hydrogens (tertiary/aromatic N) is 3. The zero-order valence-electron chi connectivity index (χ0n) is 18.0. The van der Waals surface area contributed by atoms with Gasteiger partial charge in [-0.1, -0.05) is 25.1 Å². The van der Waals surface area contributed by atoms with Crippen LogP contribution >= 0.6 is 11.8 Å². The standard InChI is InChI=1S/C23H25F3N4OS/c1-23(7-10-32-11-8-23)17-12-16-19(22(30-17)31-2)28-13-29-21(16)27-9-6-14-4-3-5-15(18(14)24)20(25)26/h3-5,12-13,20H,6-11H2,1-2H3,(H,27,28,29). The van der Waals surface area contributed by atoms with Gasteiger partial charge < -0.3 is 10.1 Å². The SMILES string of the molecule is COc1nc(C2(C)CCSCC2)cc2c(NCCc3cccc(C(F)F)c3F)ncnc12. The highest BCUT2D eigenvalue weighted by molar-refractivity contribution is 7.99. The minimum atomic E-state index is -2.84. The van der Waals surface area contributed by atoms with Gasteiger partial charge in [0, 0.05) is 12.0 Å². The molecular formula is C23H25F3N4OS. The summed E-state index contributed by atoms with van der Waals surface area (Å²) in [6, 6.07) is 6.09. The molecule has 1 aliphatic heterocycles. The number of pyridine rings is 1. The molecule has 170 valence electrons.